The Labute approximate surface area is 110 Å². The van der Waals surface area contributed by atoms with Crippen molar-refractivity contribution in [2.45, 2.75) is 25.8 Å². The molecule has 2 aromatic rings. The number of nitrogen functional groups attached to an aromatic ring is 1. The van der Waals surface area contributed by atoms with E-state index < -0.39 is 0 Å². The van der Waals surface area contributed by atoms with Gasteiger partial charge in [-0.15, -0.1) is 11.3 Å². The molecule has 1 aliphatic rings. The Morgan fingerprint density at radius 3 is 3.06 bits per heavy atom. The molecule has 1 aromatic carbocycles. The van der Waals surface area contributed by atoms with E-state index in [0.717, 1.165) is 33.5 Å². The maximum Gasteiger partial charge on any atom is 0.261 e. The number of fused-ring (bicyclic) bond motifs is 1. The molecular formula is C14H16N2OS. The molecule has 0 spiro atoms. The van der Waals surface area contributed by atoms with Crippen LogP contribution in [0.15, 0.2) is 24.3 Å². The van der Waals surface area contributed by atoms with Crippen molar-refractivity contribution in [2.75, 3.05) is 5.73 Å². The molecule has 1 saturated carbocycles. The van der Waals surface area contributed by atoms with E-state index in [0.29, 0.717) is 12.0 Å². The van der Waals surface area contributed by atoms with E-state index in [9.17, 15) is 4.79 Å². The van der Waals surface area contributed by atoms with Crippen LogP contribution in [0.4, 0.5) is 5.69 Å². The van der Waals surface area contributed by atoms with Gasteiger partial charge in [0.15, 0.2) is 0 Å². The fraction of sp³-hybridized carbons (Fsp3) is 0.357. The Hall–Kier alpha value is -1.55. The molecule has 0 aliphatic heterocycles. The summed E-state index contributed by atoms with van der Waals surface area (Å²) in [6, 6.07) is 8.06. The van der Waals surface area contributed by atoms with Crippen LogP contribution in [0.1, 0.15) is 29.4 Å². The lowest BCUT2D eigenvalue weighted by atomic mass is 10.2. The van der Waals surface area contributed by atoms with Crippen molar-refractivity contribution in [1.82, 2.24) is 5.32 Å². The quantitative estimate of drug-likeness (QED) is 0.833. The predicted octanol–water partition coefficient (Wildman–Crippen LogP) is 3.01. The molecular weight excluding hydrogens is 244 g/mol. The Morgan fingerprint density at radius 2 is 2.33 bits per heavy atom. The zero-order valence-electron chi connectivity index (χ0n) is 10.3. The number of hydrogen-bond acceptors (Lipinski definition) is 3. The van der Waals surface area contributed by atoms with Gasteiger partial charge in [-0.1, -0.05) is 13.3 Å². The number of nitrogens with two attached hydrogens (primary N) is 1. The normalized spacial score (nSPS) is 22.1. The van der Waals surface area contributed by atoms with Crippen LogP contribution in [-0.4, -0.2) is 11.9 Å². The summed E-state index contributed by atoms with van der Waals surface area (Å²) in [7, 11) is 0. The molecule has 0 radical (unpaired) electrons. The molecule has 0 bridgehead atoms. The zero-order chi connectivity index (χ0) is 12.7. The summed E-state index contributed by atoms with van der Waals surface area (Å²) in [5, 5.41) is 4.14. The second-order valence-electron chi connectivity index (χ2n) is 4.89. The first-order valence-electron chi connectivity index (χ1n) is 6.27. The summed E-state index contributed by atoms with van der Waals surface area (Å²) in [5.41, 5.74) is 6.48. The van der Waals surface area contributed by atoms with E-state index in [1.54, 1.807) is 0 Å². The fourth-order valence-electron chi connectivity index (χ4n) is 2.29. The highest BCUT2D eigenvalue weighted by Gasteiger charge is 2.36. The van der Waals surface area contributed by atoms with Gasteiger partial charge in [0.25, 0.3) is 5.91 Å². The van der Waals surface area contributed by atoms with Crippen molar-refractivity contribution in [2.24, 2.45) is 5.92 Å². The average molecular weight is 260 g/mol. The van der Waals surface area contributed by atoms with E-state index in [-0.39, 0.29) is 5.91 Å². The molecule has 1 fully saturated rings. The number of hydrogen-bond donors (Lipinski definition) is 2. The minimum absolute atomic E-state index is 0.0516. The van der Waals surface area contributed by atoms with Crippen molar-refractivity contribution in [3.05, 3.63) is 29.1 Å². The van der Waals surface area contributed by atoms with Gasteiger partial charge in [-0.3, -0.25) is 4.79 Å². The average Bonchev–Trinajstić information content (AvgIpc) is 2.96. The third kappa shape index (κ3) is 2.08. The summed E-state index contributed by atoms with van der Waals surface area (Å²) in [4.78, 5) is 12.9. The maximum atomic E-state index is 12.1. The van der Waals surface area contributed by atoms with Gasteiger partial charge in [-0.2, -0.15) is 0 Å². The van der Waals surface area contributed by atoms with E-state index in [4.69, 9.17) is 5.73 Å². The Bertz CT molecular complexity index is 605. The van der Waals surface area contributed by atoms with Gasteiger partial charge in [0.05, 0.1) is 4.88 Å². The molecule has 94 valence electrons. The van der Waals surface area contributed by atoms with Crippen LogP contribution in [0.2, 0.25) is 0 Å². The Kier molecular flexibility index (Phi) is 2.74. The van der Waals surface area contributed by atoms with Crippen molar-refractivity contribution in [3.63, 3.8) is 0 Å². The van der Waals surface area contributed by atoms with Crippen molar-refractivity contribution < 1.29 is 4.79 Å². The first-order valence-corrected chi connectivity index (χ1v) is 7.09. The maximum absolute atomic E-state index is 12.1. The number of amides is 1. The van der Waals surface area contributed by atoms with E-state index in [1.807, 2.05) is 24.3 Å². The van der Waals surface area contributed by atoms with Crippen molar-refractivity contribution >= 4 is 33.0 Å². The number of carbonyl (C=O) groups is 1. The number of rotatable bonds is 3. The molecule has 3 rings (SSSR count). The lowest BCUT2D eigenvalue weighted by molar-refractivity contribution is 0.0953. The molecule has 4 heteroatoms. The van der Waals surface area contributed by atoms with Gasteiger partial charge in [-0.05, 0) is 42.0 Å². The second kappa shape index (κ2) is 4.28. The lowest BCUT2D eigenvalue weighted by Crippen LogP contribution is -2.25. The van der Waals surface area contributed by atoms with Crippen LogP contribution < -0.4 is 11.1 Å². The molecule has 3 N–H and O–H groups in total. The molecule has 1 heterocycles. The van der Waals surface area contributed by atoms with Gasteiger partial charge < -0.3 is 11.1 Å². The molecule has 3 nitrogen and oxygen atoms in total. The van der Waals surface area contributed by atoms with E-state index in [1.165, 1.54) is 11.3 Å². The van der Waals surface area contributed by atoms with E-state index in [2.05, 4.69) is 12.2 Å². The van der Waals surface area contributed by atoms with Crippen LogP contribution >= 0.6 is 11.3 Å². The van der Waals surface area contributed by atoms with Crippen LogP contribution in [0, 0.1) is 5.92 Å². The van der Waals surface area contributed by atoms with Gasteiger partial charge in [0.2, 0.25) is 0 Å². The summed E-state index contributed by atoms with van der Waals surface area (Å²) in [5.74, 6) is 0.731. The highest BCUT2D eigenvalue weighted by molar-refractivity contribution is 7.20. The van der Waals surface area contributed by atoms with Gasteiger partial charge in [0.1, 0.15) is 0 Å². The highest BCUT2D eigenvalue weighted by atomic mass is 32.1. The topological polar surface area (TPSA) is 55.1 Å². The largest absolute Gasteiger partial charge is 0.399 e. The van der Waals surface area contributed by atoms with Crippen LogP contribution in [0.3, 0.4) is 0 Å². The number of anilines is 1. The third-order valence-electron chi connectivity index (χ3n) is 3.53. The second-order valence-corrected chi connectivity index (χ2v) is 5.98. The van der Waals surface area contributed by atoms with Gasteiger partial charge in [0, 0.05) is 16.4 Å². The summed E-state index contributed by atoms with van der Waals surface area (Å²) < 4.78 is 1.11. The molecule has 1 amide bonds. The van der Waals surface area contributed by atoms with Crippen LogP contribution in [0.25, 0.3) is 10.1 Å². The summed E-state index contributed by atoms with van der Waals surface area (Å²) >= 11 is 1.53. The number of nitrogens with one attached hydrogen (secondary N) is 1. The zero-order valence-corrected chi connectivity index (χ0v) is 11.1. The third-order valence-corrected chi connectivity index (χ3v) is 4.64. The smallest absolute Gasteiger partial charge is 0.261 e. The van der Waals surface area contributed by atoms with Crippen LogP contribution in [-0.2, 0) is 0 Å². The number of thiophene rings is 1. The number of carbonyl (C=O) groups excluding carboxylic acids is 1. The first-order chi connectivity index (χ1) is 8.67. The van der Waals surface area contributed by atoms with E-state index >= 15 is 0 Å². The monoisotopic (exact) mass is 260 g/mol. The van der Waals surface area contributed by atoms with Gasteiger partial charge >= 0.3 is 0 Å². The SMILES string of the molecule is CCC1CC1NC(=O)c1cc2cc(N)ccc2s1. The Morgan fingerprint density at radius 1 is 1.50 bits per heavy atom. The molecule has 18 heavy (non-hydrogen) atoms. The van der Waals surface area contributed by atoms with Crippen molar-refractivity contribution in [3.8, 4) is 0 Å². The minimum atomic E-state index is 0.0516. The van der Waals surface area contributed by atoms with Crippen LogP contribution in [0.5, 0.6) is 0 Å². The predicted molar refractivity (Wildman–Crippen MR) is 75.9 cm³/mol. The highest BCUT2D eigenvalue weighted by Crippen LogP contribution is 2.34. The first kappa shape index (κ1) is 11.5. The van der Waals surface area contributed by atoms with Crippen molar-refractivity contribution in [1.29, 1.82) is 0 Å². The summed E-state index contributed by atoms with van der Waals surface area (Å²) in [6.45, 7) is 2.17. The minimum Gasteiger partial charge on any atom is -0.399 e. The summed E-state index contributed by atoms with van der Waals surface area (Å²) in [6.07, 6.45) is 2.27. The molecule has 1 aromatic heterocycles. The molecule has 2 atom stereocenters. The molecule has 0 saturated heterocycles. The molecule has 2 unspecified atom stereocenters. The molecule has 1 aliphatic carbocycles. The fourth-order valence-corrected chi connectivity index (χ4v) is 3.24. The number of benzene rings is 1. The van der Waals surface area contributed by atoms with Gasteiger partial charge in [-0.25, -0.2) is 0 Å². The standard InChI is InChI=1S/C14H16N2OS/c1-2-8-6-11(8)16-14(17)13-7-9-5-10(15)3-4-12(9)18-13/h3-5,7-8,11H,2,6,15H2,1H3,(H,16,17). The Balaban J connectivity index is 1.79. The lowest BCUT2D eigenvalue weighted by Gasteiger charge is -2.00.